The number of likely N-dealkylation sites (tertiary alicyclic amines) is 1. The van der Waals surface area contributed by atoms with Crippen LogP contribution >= 0.6 is 11.6 Å². The van der Waals surface area contributed by atoms with Crippen LogP contribution in [0.25, 0.3) is 6.08 Å². The summed E-state index contributed by atoms with van der Waals surface area (Å²) in [5.41, 5.74) is 1.26. The lowest BCUT2D eigenvalue weighted by Gasteiger charge is -2.27. The number of ether oxygens (including phenoxy) is 1. The number of halogens is 2. The van der Waals surface area contributed by atoms with Gasteiger partial charge in [0, 0.05) is 24.2 Å². The standard InChI is InChI=1S/C22H22ClFN2O3/c1-29-20-9-5-15(13-18(20)24)6-10-21(27)25-19-14-16(23)7-8-17(19)22(28)26-11-3-2-4-12-26/h5-10,13-14H,2-4,11-12H2,1H3,(H,25,27)/b10-6+. The van der Waals surface area contributed by atoms with Crippen molar-refractivity contribution in [1.29, 1.82) is 0 Å². The summed E-state index contributed by atoms with van der Waals surface area (Å²) >= 11 is 6.06. The molecule has 0 unspecified atom stereocenters. The molecule has 29 heavy (non-hydrogen) atoms. The van der Waals surface area contributed by atoms with Gasteiger partial charge < -0.3 is 15.0 Å². The first kappa shape index (κ1) is 20.9. The van der Waals surface area contributed by atoms with Crippen LogP contribution in [0, 0.1) is 5.82 Å². The SMILES string of the molecule is COc1ccc(/C=C/C(=O)Nc2cc(Cl)ccc2C(=O)N2CCCCC2)cc1F. The molecule has 0 bridgehead atoms. The fourth-order valence-electron chi connectivity index (χ4n) is 3.21. The summed E-state index contributed by atoms with van der Waals surface area (Å²) in [4.78, 5) is 27.0. The fourth-order valence-corrected chi connectivity index (χ4v) is 3.38. The number of benzene rings is 2. The second-order valence-corrected chi connectivity index (χ2v) is 7.20. The number of hydrogen-bond acceptors (Lipinski definition) is 3. The van der Waals surface area contributed by atoms with E-state index < -0.39 is 11.7 Å². The minimum absolute atomic E-state index is 0.127. The highest BCUT2D eigenvalue weighted by atomic mass is 35.5. The summed E-state index contributed by atoms with van der Waals surface area (Å²) in [6.07, 6.45) is 5.82. The van der Waals surface area contributed by atoms with Gasteiger partial charge in [-0.2, -0.15) is 0 Å². The Kier molecular flexibility index (Phi) is 6.88. The molecule has 1 aliphatic heterocycles. The largest absolute Gasteiger partial charge is 0.494 e. The van der Waals surface area contributed by atoms with Crippen LogP contribution in [0.3, 0.4) is 0 Å². The Morgan fingerprint density at radius 2 is 1.90 bits per heavy atom. The lowest BCUT2D eigenvalue weighted by Crippen LogP contribution is -2.36. The third kappa shape index (κ3) is 5.35. The van der Waals surface area contributed by atoms with E-state index in [0.717, 1.165) is 19.3 Å². The van der Waals surface area contributed by atoms with Gasteiger partial charge in [-0.15, -0.1) is 0 Å². The van der Waals surface area contributed by atoms with E-state index in [2.05, 4.69) is 5.32 Å². The first-order valence-electron chi connectivity index (χ1n) is 9.39. The molecule has 2 aromatic carbocycles. The van der Waals surface area contributed by atoms with Crippen LogP contribution in [0.15, 0.2) is 42.5 Å². The third-order valence-electron chi connectivity index (χ3n) is 4.72. The van der Waals surface area contributed by atoms with Crippen molar-refractivity contribution in [2.75, 3.05) is 25.5 Å². The van der Waals surface area contributed by atoms with Gasteiger partial charge in [-0.05, 0) is 61.2 Å². The van der Waals surface area contributed by atoms with Gasteiger partial charge in [0.2, 0.25) is 5.91 Å². The molecule has 152 valence electrons. The first-order valence-corrected chi connectivity index (χ1v) is 9.77. The van der Waals surface area contributed by atoms with Crippen LogP contribution in [0.5, 0.6) is 5.75 Å². The first-order chi connectivity index (χ1) is 14.0. The number of hydrogen-bond donors (Lipinski definition) is 1. The van der Waals surface area contributed by atoms with E-state index >= 15 is 0 Å². The van der Waals surface area contributed by atoms with Gasteiger partial charge in [0.25, 0.3) is 5.91 Å². The minimum Gasteiger partial charge on any atom is -0.494 e. The zero-order valence-corrected chi connectivity index (χ0v) is 16.8. The van der Waals surface area contributed by atoms with Gasteiger partial charge in [-0.25, -0.2) is 4.39 Å². The Morgan fingerprint density at radius 1 is 1.14 bits per heavy atom. The Balaban J connectivity index is 1.75. The van der Waals surface area contributed by atoms with Gasteiger partial charge in [0.1, 0.15) is 0 Å². The molecule has 0 spiro atoms. The van der Waals surface area contributed by atoms with Crippen molar-refractivity contribution in [3.05, 3.63) is 64.4 Å². The number of methoxy groups -OCH3 is 1. The number of nitrogens with one attached hydrogen (secondary N) is 1. The molecule has 3 rings (SSSR count). The molecule has 7 heteroatoms. The average molecular weight is 417 g/mol. The molecule has 0 atom stereocenters. The maximum Gasteiger partial charge on any atom is 0.255 e. The average Bonchev–Trinajstić information content (AvgIpc) is 2.73. The zero-order valence-electron chi connectivity index (χ0n) is 16.1. The number of amides is 2. The van der Waals surface area contributed by atoms with Crippen LogP contribution in [0.1, 0.15) is 35.2 Å². The van der Waals surface area contributed by atoms with Gasteiger partial charge in [-0.3, -0.25) is 9.59 Å². The molecule has 0 saturated carbocycles. The maximum absolute atomic E-state index is 13.8. The molecule has 0 aromatic heterocycles. The van der Waals surface area contributed by atoms with E-state index in [0.29, 0.717) is 34.9 Å². The van der Waals surface area contributed by atoms with Gasteiger partial charge in [0.15, 0.2) is 11.6 Å². The second-order valence-electron chi connectivity index (χ2n) is 6.76. The van der Waals surface area contributed by atoms with Crippen LogP contribution in [0.2, 0.25) is 5.02 Å². The van der Waals surface area contributed by atoms with Crippen LogP contribution < -0.4 is 10.1 Å². The number of rotatable bonds is 5. The van der Waals surface area contributed by atoms with E-state index in [1.807, 2.05) is 0 Å². The summed E-state index contributed by atoms with van der Waals surface area (Å²) in [6, 6.07) is 9.20. The quantitative estimate of drug-likeness (QED) is 0.714. The molecule has 1 saturated heterocycles. The van der Waals surface area contributed by atoms with Crippen LogP contribution in [-0.4, -0.2) is 36.9 Å². The Labute approximate surface area is 174 Å². The normalized spacial score (nSPS) is 14.1. The molecule has 0 aliphatic carbocycles. The van der Waals surface area contributed by atoms with Gasteiger partial charge in [-0.1, -0.05) is 17.7 Å². The number of nitrogens with zero attached hydrogens (tertiary/aromatic N) is 1. The number of carbonyl (C=O) groups excluding carboxylic acids is 2. The van der Waals surface area contributed by atoms with Crippen molar-refractivity contribution in [1.82, 2.24) is 4.90 Å². The molecule has 1 heterocycles. The van der Waals surface area contributed by atoms with Crippen molar-refractivity contribution in [3.8, 4) is 5.75 Å². The molecule has 1 aliphatic rings. The topological polar surface area (TPSA) is 58.6 Å². The van der Waals surface area contributed by atoms with E-state index in [4.69, 9.17) is 16.3 Å². The lowest BCUT2D eigenvalue weighted by molar-refractivity contribution is -0.111. The number of piperidine rings is 1. The Hall–Kier alpha value is -2.86. The van der Waals surface area contributed by atoms with Crippen molar-refractivity contribution in [2.24, 2.45) is 0 Å². The van der Waals surface area contributed by atoms with Crippen LogP contribution in [-0.2, 0) is 4.79 Å². The number of carbonyl (C=O) groups is 2. The van der Waals surface area contributed by atoms with Gasteiger partial charge in [0.05, 0.1) is 18.4 Å². The van der Waals surface area contributed by atoms with Crippen molar-refractivity contribution >= 4 is 35.2 Å². The van der Waals surface area contributed by atoms with E-state index in [1.54, 1.807) is 29.2 Å². The molecule has 2 amide bonds. The highest BCUT2D eigenvalue weighted by molar-refractivity contribution is 6.31. The van der Waals surface area contributed by atoms with Crippen molar-refractivity contribution < 1.29 is 18.7 Å². The molecule has 5 nitrogen and oxygen atoms in total. The maximum atomic E-state index is 13.8. The molecular weight excluding hydrogens is 395 g/mol. The van der Waals surface area contributed by atoms with E-state index in [9.17, 15) is 14.0 Å². The Bertz CT molecular complexity index is 940. The monoisotopic (exact) mass is 416 g/mol. The highest BCUT2D eigenvalue weighted by Gasteiger charge is 2.21. The molecule has 1 N–H and O–H groups in total. The zero-order chi connectivity index (χ0) is 20.8. The summed E-state index contributed by atoms with van der Waals surface area (Å²) in [7, 11) is 1.38. The van der Waals surface area contributed by atoms with E-state index in [1.165, 1.54) is 31.4 Å². The smallest absolute Gasteiger partial charge is 0.255 e. The molecule has 1 fully saturated rings. The fraction of sp³-hybridized carbons (Fsp3) is 0.273. The van der Waals surface area contributed by atoms with E-state index in [-0.39, 0.29) is 11.7 Å². The Morgan fingerprint density at radius 3 is 2.59 bits per heavy atom. The summed E-state index contributed by atoms with van der Waals surface area (Å²) < 4.78 is 18.6. The predicted molar refractivity (Wildman–Crippen MR) is 112 cm³/mol. The molecule has 2 aromatic rings. The van der Waals surface area contributed by atoms with Gasteiger partial charge >= 0.3 is 0 Å². The summed E-state index contributed by atoms with van der Waals surface area (Å²) in [6.45, 7) is 1.41. The molecule has 0 radical (unpaired) electrons. The van der Waals surface area contributed by atoms with Crippen LogP contribution in [0.4, 0.5) is 10.1 Å². The predicted octanol–water partition coefficient (Wildman–Crippen LogP) is 4.77. The third-order valence-corrected chi connectivity index (χ3v) is 4.95. The van der Waals surface area contributed by atoms with Crippen molar-refractivity contribution in [3.63, 3.8) is 0 Å². The summed E-state index contributed by atoms with van der Waals surface area (Å²) in [5, 5.41) is 3.12. The highest BCUT2D eigenvalue weighted by Crippen LogP contribution is 2.24. The summed E-state index contributed by atoms with van der Waals surface area (Å²) in [5.74, 6) is -0.959. The number of anilines is 1. The second kappa shape index (κ2) is 9.56. The van der Waals surface area contributed by atoms with Crippen molar-refractivity contribution in [2.45, 2.75) is 19.3 Å². The lowest BCUT2D eigenvalue weighted by atomic mass is 10.1. The minimum atomic E-state index is -0.515. The molecular formula is C22H22ClFN2O3.